The molecule has 5 nitrogen and oxygen atoms in total. The molecule has 94 valence electrons. The van der Waals surface area contributed by atoms with Gasteiger partial charge in [0, 0.05) is 18.0 Å². The summed E-state index contributed by atoms with van der Waals surface area (Å²) in [5.41, 5.74) is 5.20. The molecule has 0 bridgehead atoms. The molecule has 1 amide bonds. The summed E-state index contributed by atoms with van der Waals surface area (Å²) in [6.07, 6.45) is 1.29. The van der Waals surface area contributed by atoms with E-state index >= 15 is 0 Å². The first-order chi connectivity index (χ1) is 7.18. The zero-order valence-corrected chi connectivity index (χ0v) is 10.6. The predicted molar refractivity (Wildman–Crippen MR) is 62.7 cm³/mol. The zero-order valence-electron chi connectivity index (χ0n) is 9.82. The maximum atomic E-state index is 11.5. The minimum Gasteiger partial charge on any atom is -0.353 e. The van der Waals surface area contributed by atoms with E-state index in [1.807, 2.05) is 0 Å². The summed E-state index contributed by atoms with van der Waals surface area (Å²) in [7, 11) is -2.86. The number of nitrogens with two attached hydrogens (primary N) is 1. The van der Waals surface area contributed by atoms with E-state index in [2.05, 4.69) is 5.32 Å². The van der Waals surface area contributed by atoms with Crippen LogP contribution in [0.15, 0.2) is 0 Å². The normalized spacial score (nSPS) is 21.7. The number of amides is 1. The fourth-order valence-corrected chi connectivity index (χ4v) is 3.22. The van der Waals surface area contributed by atoms with Crippen LogP contribution in [-0.2, 0) is 14.6 Å². The molecular weight excluding hydrogens is 228 g/mol. The van der Waals surface area contributed by atoms with Gasteiger partial charge in [0.15, 0.2) is 0 Å². The second-order valence-corrected chi connectivity index (χ2v) is 7.46. The van der Waals surface area contributed by atoms with Crippen LogP contribution in [0.5, 0.6) is 0 Å². The molecule has 1 aliphatic heterocycles. The van der Waals surface area contributed by atoms with Crippen molar-refractivity contribution in [3.8, 4) is 0 Å². The van der Waals surface area contributed by atoms with Gasteiger partial charge in [-0.2, -0.15) is 0 Å². The van der Waals surface area contributed by atoms with Crippen LogP contribution in [0.4, 0.5) is 0 Å². The molecule has 1 aliphatic rings. The van der Waals surface area contributed by atoms with E-state index in [0.717, 1.165) is 0 Å². The molecule has 3 N–H and O–H groups in total. The van der Waals surface area contributed by atoms with Crippen molar-refractivity contribution in [1.29, 1.82) is 0 Å². The maximum absolute atomic E-state index is 11.5. The Morgan fingerprint density at radius 3 is 2.31 bits per heavy atom. The van der Waals surface area contributed by atoms with E-state index in [-0.39, 0.29) is 29.9 Å². The van der Waals surface area contributed by atoms with E-state index in [9.17, 15) is 13.2 Å². The second kappa shape index (κ2) is 4.71. The van der Waals surface area contributed by atoms with Gasteiger partial charge in [-0.3, -0.25) is 4.79 Å². The number of sulfone groups is 1. The van der Waals surface area contributed by atoms with Crippen LogP contribution in [-0.4, -0.2) is 37.4 Å². The van der Waals surface area contributed by atoms with E-state index < -0.39 is 15.4 Å². The average molecular weight is 248 g/mol. The molecule has 0 spiro atoms. The zero-order chi connectivity index (χ0) is 12.4. The molecule has 0 saturated carbocycles. The van der Waals surface area contributed by atoms with Crippen LogP contribution in [0.1, 0.15) is 33.1 Å². The molecule has 1 rings (SSSR count). The summed E-state index contributed by atoms with van der Waals surface area (Å²) in [6.45, 7) is 3.58. The molecule has 0 aromatic carbocycles. The molecule has 0 atom stereocenters. The molecule has 0 aromatic heterocycles. The van der Waals surface area contributed by atoms with Gasteiger partial charge in [-0.1, -0.05) is 0 Å². The van der Waals surface area contributed by atoms with Gasteiger partial charge >= 0.3 is 0 Å². The van der Waals surface area contributed by atoms with Crippen LogP contribution in [0.2, 0.25) is 0 Å². The third-order valence-corrected chi connectivity index (χ3v) is 4.25. The fourth-order valence-electron chi connectivity index (χ4n) is 1.73. The topological polar surface area (TPSA) is 89.3 Å². The van der Waals surface area contributed by atoms with Gasteiger partial charge < -0.3 is 11.1 Å². The molecule has 6 heteroatoms. The Bertz CT molecular complexity index is 343. The first kappa shape index (κ1) is 13.4. The van der Waals surface area contributed by atoms with Crippen molar-refractivity contribution in [2.45, 2.75) is 44.7 Å². The largest absolute Gasteiger partial charge is 0.353 e. The third-order valence-electron chi connectivity index (χ3n) is 2.54. The molecule has 0 radical (unpaired) electrons. The first-order valence-corrected chi connectivity index (χ1v) is 7.29. The highest BCUT2D eigenvalue weighted by atomic mass is 32.2. The van der Waals surface area contributed by atoms with Crippen molar-refractivity contribution in [2.75, 3.05) is 11.5 Å². The fraction of sp³-hybridized carbons (Fsp3) is 0.900. The maximum Gasteiger partial charge on any atom is 0.222 e. The van der Waals surface area contributed by atoms with Crippen molar-refractivity contribution in [3.63, 3.8) is 0 Å². The minimum absolute atomic E-state index is 0.0154. The second-order valence-electron chi connectivity index (χ2n) is 5.16. The van der Waals surface area contributed by atoms with Crippen LogP contribution >= 0.6 is 0 Å². The number of rotatable bonds is 3. The van der Waals surface area contributed by atoms with Gasteiger partial charge in [-0.15, -0.1) is 0 Å². The van der Waals surface area contributed by atoms with Crippen molar-refractivity contribution >= 4 is 15.7 Å². The monoisotopic (exact) mass is 248 g/mol. The van der Waals surface area contributed by atoms with Gasteiger partial charge in [0.25, 0.3) is 0 Å². The number of hydrogen-bond donors (Lipinski definition) is 2. The number of hydrogen-bond acceptors (Lipinski definition) is 4. The SMILES string of the molecule is CC(C)(N)CC(=O)NC1CCS(=O)(=O)CC1. The minimum atomic E-state index is -2.86. The van der Waals surface area contributed by atoms with Gasteiger partial charge in [0.1, 0.15) is 9.84 Å². The Labute approximate surface area is 96.7 Å². The van der Waals surface area contributed by atoms with Crippen LogP contribution in [0.3, 0.4) is 0 Å². The Balaban J connectivity index is 2.37. The first-order valence-electron chi connectivity index (χ1n) is 5.47. The lowest BCUT2D eigenvalue weighted by Crippen LogP contribution is -2.45. The summed E-state index contributed by atoms with van der Waals surface area (Å²) in [6, 6.07) is -0.0154. The van der Waals surface area contributed by atoms with Crippen molar-refractivity contribution < 1.29 is 13.2 Å². The highest BCUT2D eigenvalue weighted by Gasteiger charge is 2.25. The van der Waals surface area contributed by atoms with E-state index in [0.29, 0.717) is 12.8 Å². The average Bonchev–Trinajstić information content (AvgIpc) is 2.05. The third kappa shape index (κ3) is 4.94. The summed E-state index contributed by atoms with van der Waals surface area (Å²) in [5, 5.41) is 2.83. The molecule has 1 saturated heterocycles. The quantitative estimate of drug-likeness (QED) is 0.724. The van der Waals surface area contributed by atoms with Gasteiger partial charge in [0.05, 0.1) is 11.5 Å². The van der Waals surface area contributed by atoms with E-state index in [4.69, 9.17) is 5.73 Å². The van der Waals surface area contributed by atoms with E-state index in [1.165, 1.54) is 0 Å². The van der Waals surface area contributed by atoms with Crippen LogP contribution in [0, 0.1) is 0 Å². The predicted octanol–water partition coefficient (Wildman–Crippen LogP) is -0.193. The summed E-state index contributed by atoms with van der Waals surface area (Å²) in [4.78, 5) is 11.5. The van der Waals surface area contributed by atoms with Crippen molar-refractivity contribution in [1.82, 2.24) is 5.32 Å². The summed E-state index contributed by atoms with van der Waals surface area (Å²) >= 11 is 0. The molecular formula is C10H20N2O3S. The van der Waals surface area contributed by atoms with Gasteiger partial charge in [0.2, 0.25) is 5.91 Å². The Morgan fingerprint density at radius 1 is 1.38 bits per heavy atom. The van der Waals surface area contributed by atoms with E-state index in [1.54, 1.807) is 13.8 Å². The standard InChI is InChI=1S/C10H20N2O3S/c1-10(2,11)7-9(13)12-8-3-5-16(14,15)6-4-8/h8H,3-7,11H2,1-2H3,(H,12,13). The summed E-state index contributed by atoms with van der Waals surface area (Å²) < 4.78 is 22.4. The summed E-state index contributed by atoms with van der Waals surface area (Å²) in [5.74, 6) is 0.241. The van der Waals surface area contributed by atoms with Crippen LogP contribution in [0.25, 0.3) is 0 Å². The number of nitrogens with one attached hydrogen (secondary N) is 1. The number of carbonyl (C=O) groups excluding carboxylic acids is 1. The Morgan fingerprint density at radius 2 is 1.88 bits per heavy atom. The Kier molecular flexibility index (Phi) is 3.96. The molecule has 16 heavy (non-hydrogen) atoms. The lowest BCUT2D eigenvalue weighted by molar-refractivity contribution is -0.122. The highest BCUT2D eigenvalue weighted by molar-refractivity contribution is 7.91. The molecule has 0 aromatic rings. The molecule has 0 unspecified atom stereocenters. The molecule has 1 fully saturated rings. The van der Waals surface area contributed by atoms with Crippen molar-refractivity contribution in [2.24, 2.45) is 5.73 Å². The lowest BCUT2D eigenvalue weighted by Gasteiger charge is -2.25. The lowest BCUT2D eigenvalue weighted by atomic mass is 10.0. The molecule has 0 aliphatic carbocycles. The van der Waals surface area contributed by atoms with Gasteiger partial charge in [-0.25, -0.2) is 8.42 Å². The highest BCUT2D eigenvalue weighted by Crippen LogP contribution is 2.13. The number of carbonyl (C=O) groups is 1. The smallest absolute Gasteiger partial charge is 0.222 e. The van der Waals surface area contributed by atoms with Gasteiger partial charge in [-0.05, 0) is 26.7 Å². The van der Waals surface area contributed by atoms with Crippen molar-refractivity contribution in [3.05, 3.63) is 0 Å². The Hall–Kier alpha value is -0.620. The molecule has 1 heterocycles. The van der Waals surface area contributed by atoms with Crippen LogP contribution < -0.4 is 11.1 Å².